The zero-order chi connectivity index (χ0) is 35.8. The second-order valence-electron chi connectivity index (χ2n) is 13.5. The lowest BCUT2D eigenvalue weighted by atomic mass is 9.86. The summed E-state index contributed by atoms with van der Waals surface area (Å²) in [6.45, 7) is 0. The van der Waals surface area contributed by atoms with Gasteiger partial charge in [-0.15, -0.1) is 0 Å². The van der Waals surface area contributed by atoms with E-state index in [4.69, 9.17) is 9.97 Å². The molecule has 2 aromatic heterocycles. The summed E-state index contributed by atoms with van der Waals surface area (Å²) in [7, 11) is 0. The molecule has 0 unspecified atom stereocenters. The van der Waals surface area contributed by atoms with E-state index in [0.29, 0.717) is 0 Å². The summed E-state index contributed by atoms with van der Waals surface area (Å²) >= 11 is 0. The summed E-state index contributed by atoms with van der Waals surface area (Å²) < 4.78 is 0. The van der Waals surface area contributed by atoms with Gasteiger partial charge < -0.3 is 9.97 Å². The van der Waals surface area contributed by atoms with E-state index in [2.05, 4.69) is 180 Å². The van der Waals surface area contributed by atoms with Gasteiger partial charge in [0.15, 0.2) is 0 Å². The van der Waals surface area contributed by atoms with Crippen LogP contribution >= 0.6 is 0 Å². The van der Waals surface area contributed by atoms with Crippen LogP contribution in [0.4, 0.5) is 0 Å². The number of aromatic nitrogens is 4. The second kappa shape index (κ2) is 13.4. The molecule has 0 atom stereocenters. The third-order valence-corrected chi connectivity index (χ3v) is 10.2. The Morgan fingerprint density at radius 3 is 1.02 bits per heavy atom. The number of benzene rings is 8. The van der Waals surface area contributed by atoms with E-state index in [1.165, 1.54) is 0 Å². The second-order valence-corrected chi connectivity index (χ2v) is 13.5. The predicted molar refractivity (Wildman–Crippen MR) is 224 cm³/mol. The van der Waals surface area contributed by atoms with Gasteiger partial charge >= 0.3 is 0 Å². The summed E-state index contributed by atoms with van der Waals surface area (Å²) in [5.74, 6) is 1.61. The van der Waals surface area contributed by atoms with E-state index in [0.717, 1.165) is 100 Å². The highest BCUT2D eigenvalue weighted by Gasteiger charge is 2.25. The van der Waals surface area contributed by atoms with Crippen molar-refractivity contribution in [2.45, 2.75) is 0 Å². The molecule has 2 N–H and O–H groups in total. The largest absolute Gasteiger partial charge is 0.337 e. The van der Waals surface area contributed by atoms with Crippen LogP contribution in [0.3, 0.4) is 0 Å². The summed E-state index contributed by atoms with van der Waals surface area (Å²) in [5.41, 5.74) is 12.3. The first-order valence-corrected chi connectivity index (χ1v) is 18.3. The average Bonchev–Trinajstić information content (AvgIpc) is 3.91. The van der Waals surface area contributed by atoms with Crippen LogP contribution in [-0.2, 0) is 0 Å². The smallest absolute Gasteiger partial charge is 0.139 e. The molecule has 4 nitrogen and oxygen atoms in total. The number of fused-ring (bicyclic) bond motifs is 2. The van der Waals surface area contributed by atoms with Crippen LogP contribution in [-0.4, -0.2) is 19.9 Å². The zero-order valence-corrected chi connectivity index (χ0v) is 29.4. The lowest BCUT2D eigenvalue weighted by Gasteiger charge is -2.18. The van der Waals surface area contributed by atoms with Crippen molar-refractivity contribution in [1.82, 2.24) is 19.9 Å². The van der Waals surface area contributed by atoms with E-state index in [1.54, 1.807) is 0 Å². The lowest BCUT2D eigenvalue weighted by molar-refractivity contribution is 1.30. The Morgan fingerprint density at radius 2 is 0.630 bits per heavy atom. The van der Waals surface area contributed by atoms with Gasteiger partial charge in [0.05, 0.1) is 22.8 Å². The predicted octanol–water partition coefficient (Wildman–Crippen LogP) is 13.1. The lowest BCUT2D eigenvalue weighted by Crippen LogP contribution is -1.95. The summed E-state index contributed by atoms with van der Waals surface area (Å²) in [5, 5.41) is 4.60. The van der Waals surface area contributed by atoms with Crippen LogP contribution in [0.5, 0.6) is 0 Å². The van der Waals surface area contributed by atoms with Crippen LogP contribution in [0.2, 0.25) is 0 Å². The molecule has 0 fully saturated rings. The van der Waals surface area contributed by atoms with Gasteiger partial charge in [-0.3, -0.25) is 0 Å². The first kappa shape index (κ1) is 31.4. The Hall–Kier alpha value is -7.30. The SMILES string of the molecule is c1ccc(-c2nc(-c3ccc4ccccc4c3-c3c(-c4nc(-c5ccccc5)c(-c5ccccc5)[nH]4)ccc4ccccc34)[nH]c2-c2ccccc2)cc1. The van der Waals surface area contributed by atoms with E-state index in [9.17, 15) is 0 Å². The first-order valence-electron chi connectivity index (χ1n) is 18.3. The van der Waals surface area contributed by atoms with Crippen molar-refractivity contribution in [2.24, 2.45) is 0 Å². The molecular weight excluding hydrogens is 657 g/mol. The van der Waals surface area contributed by atoms with E-state index in [-0.39, 0.29) is 0 Å². The van der Waals surface area contributed by atoms with Gasteiger partial charge in [-0.25, -0.2) is 9.97 Å². The molecule has 0 aliphatic carbocycles. The van der Waals surface area contributed by atoms with E-state index < -0.39 is 0 Å². The third-order valence-electron chi connectivity index (χ3n) is 10.2. The van der Waals surface area contributed by atoms with Crippen LogP contribution in [0, 0.1) is 0 Å². The highest BCUT2D eigenvalue weighted by molar-refractivity contribution is 6.14. The maximum absolute atomic E-state index is 5.42. The van der Waals surface area contributed by atoms with Crippen molar-refractivity contribution in [3.8, 4) is 78.9 Å². The zero-order valence-electron chi connectivity index (χ0n) is 29.4. The molecule has 0 saturated heterocycles. The van der Waals surface area contributed by atoms with Crippen molar-refractivity contribution in [2.75, 3.05) is 0 Å². The molecule has 8 aromatic carbocycles. The number of hydrogen-bond acceptors (Lipinski definition) is 2. The van der Waals surface area contributed by atoms with Crippen LogP contribution in [0.1, 0.15) is 0 Å². The molecule has 4 heteroatoms. The topological polar surface area (TPSA) is 57.4 Å². The Bertz CT molecular complexity index is 2590. The van der Waals surface area contributed by atoms with E-state index in [1.807, 2.05) is 24.3 Å². The Balaban J connectivity index is 1.28. The molecule has 0 aliphatic rings. The third kappa shape index (κ3) is 5.49. The number of aromatic amines is 2. The van der Waals surface area contributed by atoms with Crippen molar-refractivity contribution in [3.05, 3.63) is 194 Å². The minimum absolute atomic E-state index is 0.807. The maximum Gasteiger partial charge on any atom is 0.139 e. The maximum atomic E-state index is 5.42. The van der Waals surface area contributed by atoms with Gasteiger partial charge in [-0.05, 0) is 33.7 Å². The monoisotopic (exact) mass is 690 g/mol. The highest BCUT2D eigenvalue weighted by Crippen LogP contribution is 2.47. The van der Waals surface area contributed by atoms with Gasteiger partial charge in [0, 0.05) is 44.5 Å². The molecule has 0 bridgehead atoms. The Labute approximate surface area is 313 Å². The minimum Gasteiger partial charge on any atom is -0.337 e. The molecule has 10 aromatic rings. The standard InChI is InChI=1S/C50H34N4/c1-5-19-35(20-6-1)45-46(36-21-7-2-8-22-36)52-49(51-45)41-31-29-33-17-13-15-27-39(33)43(41)44-40-28-16-14-18-34(40)30-32-42(44)50-53-47(37-23-9-3-10-24-37)48(54-50)38-25-11-4-12-26-38/h1-32H,(H,51,52)(H,53,54). The van der Waals surface area contributed by atoms with Gasteiger partial charge in [0.1, 0.15) is 11.6 Å². The van der Waals surface area contributed by atoms with Crippen LogP contribution in [0.15, 0.2) is 194 Å². The quantitative estimate of drug-likeness (QED) is 0.175. The molecule has 0 saturated carbocycles. The number of rotatable bonds is 7. The number of H-pyrrole nitrogens is 2. The van der Waals surface area contributed by atoms with Crippen LogP contribution < -0.4 is 0 Å². The van der Waals surface area contributed by atoms with Crippen LogP contribution in [0.25, 0.3) is 100 Å². The molecular formula is C50H34N4. The Morgan fingerprint density at radius 1 is 0.296 bits per heavy atom. The molecule has 2 heterocycles. The fourth-order valence-corrected chi connectivity index (χ4v) is 7.72. The highest BCUT2D eigenvalue weighted by atomic mass is 15.0. The van der Waals surface area contributed by atoms with Gasteiger partial charge in [0.2, 0.25) is 0 Å². The summed E-state index contributed by atoms with van der Waals surface area (Å²) in [6, 6.07) is 68.0. The summed E-state index contributed by atoms with van der Waals surface area (Å²) in [6.07, 6.45) is 0. The number of hydrogen-bond donors (Lipinski definition) is 2. The molecule has 254 valence electrons. The average molecular weight is 691 g/mol. The normalized spacial score (nSPS) is 11.3. The first-order chi connectivity index (χ1) is 26.8. The molecule has 0 spiro atoms. The molecule has 10 rings (SSSR count). The minimum atomic E-state index is 0.807. The van der Waals surface area contributed by atoms with Gasteiger partial charge in [0.25, 0.3) is 0 Å². The van der Waals surface area contributed by atoms with Gasteiger partial charge in [-0.2, -0.15) is 0 Å². The number of nitrogens with zero attached hydrogens (tertiary/aromatic N) is 2. The van der Waals surface area contributed by atoms with Crippen molar-refractivity contribution in [3.63, 3.8) is 0 Å². The Kier molecular flexibility index (Phi) is 7.77. The fourth-order valence-electron chi connectivity index (χ4n) is 7.72. The van der Waals surface area contributed by atoms with E-state index >= 15 is 0 Å². The number of imidazole rings is 2. The molecule has 54 heavy (non-hydrogen) atoms. The van der Waals surface area contributed by atoms with Crippen molar-refractivity contribution >= 4 is 21.5 Å². The fraction of sp³-hybridized carbons (Fsp3) is 0. The molecule has 0 amide bonds. The molecule has 0 aliphatic heterocycles. The van der Waals surface area contributed by atoms with Crippen molar-refractivity contribution < 1.29 is 0 Å². The number of nitrogens with one attached hydrogen (secondary N) is 2. The van der Waals surface area contributed by atoms with Crippen molar-refractivity contribution in [1.29, 1.82) is 0 Å². The summed E-state index contributed by atoms with van der Waals surface area (Å²) in [4.78, 5) is 18.5. The molecule has 0 radical (unpaired) electrons. The van der Waals surface area contributed by atoms with Gasteiger partial charge in [-0.1, -0.05) is 182 Å².